The highest BCUT2D eigenvalue weighted by atomic mass is 79.9. The van der Waals surface area contributed by atoms with Gasteiger partial charge in [-0.1, -0.05) is 47.1 Å². The molecule has 2 unspecified atom stereocenters. The summed E-state index contributed by atoms with van der Waals surface area (Å²) >= 11 is 19.4. The second kappa shape index (κ2) is 14.6. The molecule has 0 saturated heterocycles. The molecule has 2 heterocycles. The summed E-state index contributed by atoms with van der Waals surface area (Å²) < 4.78 is 30.6. The van der Waals surface area contributed by atoms with Crippen LogP contribution in [-0.2, 0) is 0 Å². The third-order valence-corrected chi connectivity index (χ3v) is 9.16. The van der Waals surface area contributed by atoms with E-state index < -0.39 is 0 Å². The van der Waals surface area contributed by atoms with Gasteiger partial charge in [0.15, 0.2) is 0 Å². The number of hydrogen-bond acceptors (Lipinski definition) is 9. The first-order valence-corrected chi connectivity index (χ1v) is 17.1. The third kappa shape index (κ3) is 8.48. The van der Waals surface area contributed by atoms with Crippen LogP contribution in [0, 0.1) is 0 Å². The maximum atomic E-state index is 6.53. The number of halogens is 3. The number of thioether (sulfide) groups is 1. The van der Waals surface area contributed by atoms with E-state index in [9.17, 15) is 0 Å². The lowest BCUT2D eigenvalue weighted by atomic mass is 10.1. The predicted octanol–water partition coefficient (Wildman–Crippen LogP) is 11.3. The van der Waals surface area contributed by atoms with Gasteiger partial charge in [0.1, 0.15) is 28.7 Å². The first kappa shape index (κ1) is 32.6. The average Bonchev–Trinajstić information content (AvgIpc) is 3.56. The number of rotatable bonds is 12. The van der Waals surface area contributed by atoms with E-state index in [1.54, 1.807) is 36.2 Å². The summed E-state index contributed by atoms with van der Waals surface area (Å²) in [6, 6.07) is 18.7. The van der Waals surface area contributed by atoms with Gasteiger partial charge in [0.05, 0.1) is 38.3 Å². The summed E-state index contributed by atoms with van der Waals surface area (Å²) in [5.41, 5.74) is 0.775. The topological polar surface area (TPSA) is 62.3 Å². The zero-order valence-corrected chi connectivity index (χ0v) is 29.4. The van der Waals surface area contributed by atoms with Crippen LogP contribution in [0.15, 0.2) is 76.9 Å². The molecular formula is C32H31BrCl2N2O5S2. The summed E-state index contributed by atoms with van der Waals surface area (Å²) in [6.45, 7) is 9.99. The van der Waals surface area contributed by atoms with Crippen LogP contribution < -0.4 is 23.7 Å². The van der Waals surface area contributed by atoms with E-state index in [0.29, 0.717) is 49.0 Å². The van der Waals surface area contributed by atoms with Gasteiger partial charge in [0, 0.05) is 18.3 Å². The molecule has 0 spiro atoms. The molecule has 7 nitrogen and oxygen atoms in total. The van der Waals surface area contributed by atoms with E-state index in [4.69, 9.17) is 46.9 Å². The van der Waals surface area contributed by atoms with Crippen molar-refractivity contribution in [3.05, 3.63) is 92.5 Å². The number of aromatic nitrogens is 1. The van der Waals surface area contributed by atoms with E-state index in [-0.39, 0.29) is 23.8 Å². The molecule has 3 aromatic carbocycles. The van der Waals surface area contributed by atoms with Gasteiger partial charge in [-0.05, 0) is 104 Å². The minimum atomic E-state index is -0.312. The SMILES string of the molecule is CC(C)Oc1ccc(Oc2ncc(Oc3ccc(C(C)N4C=C(Br)SC4Oc4ccc(OC(C)C)cc4Cl)cc3)s2)c(Cl)c1. The molecule has 0 bridgehead atoms. The molecule has 1 aliphatic rings. The van der Waals surface area contributed by atoms with E-state index >= 15 is 0 Å². The van der Waals surface area contributed by atoms with Crippen LogP contribution in [-0.4, -0.2) is 27.7 Å². The Morgan fingerprint density at radius 2 is 1.39 bits per heavy atom. The van der Waals surface area contributed by atoms with Crippen LogP contribution >= 0.6 is 62.2 Å². The first-order valence-electron chi connectivity index (χ1n) is 13.9. The second-order valence-corrected chi connectivity index (χ2v) is 14.6. The van der Waals surface area contributed by atoms with Gasteiger partial charge in [-0.3, -0.25) is 0 Å². The highest BCUT2D eigenvalue weighted by Crippen LogP contribution is 2.44. The number of hydrogen-bond donors (Lipinski definition) is 0. The van der Waals surface area contributed by atoms with E-state index in [1.807, 2.05) is 76.4 Å². The van der Waals surface area contributed by atoms with Crippen LogP contribution in [0.25, 0.3) is 0 Å². The number of ether oxygens (including phenoxy) is 5. The predicted molar refractivity (Wildman–Crippen MR) is 182 cm³/mol. The van der Waals surface area contributed by atoms with Gasteiger partial charge in [0.2, 0.25) is 10.6 Å². The second-order valence-electron chi connectivity index (χ2n) is 10.3. The summed E-state index contributed by atoms with van der Waals surface area (Å²) in [6.07, 6.45) is 3.77. The largest absolute Gasteiger partial charge is 0.491 e. The zero-order valence-electron chi connectivity index (χ0n) is 24.6. The van der Waals surface area contributed by atoms with Crippen LogP contribution in [0.3, 0.4) is 0 Å². The maximum absolute atomic E-state index is 6.53. The average molecular weight is 739 g/mol. The molecule has 0 fully saturated rings. The summed E-state index contributed by atoms with van der Waals surface area (Å²) in [7, 11) is 0. The molecule has 12 heteroatoms. The molecule has 0 radical (unpaired) electrons. The van der Waals surface area contributed by atoms with Gasteiger partial charge in [0.25, 0.3) is 5.19 Å². The van der Waals surface area contributed by atoms with Crippen LogP contribution in [0.2, 0.25) is 10.0 Å². The number of benzene rings is 3. The van der Waals surface area contributed by atoms with E-state index in [0.717, 1.165) is 9.38 Å². The first-order chi connectivity index (χ1) is 21.0. The van der Waals surface area contributed by atoms with Crippen LogP contribution in [0.1, 0.15) is 46.2 Å². The summed E-state index contributed by atoms with van der Waals surface area (Å²) in [5.74, 6) is 3.14. The fraction of sp³-hybridized carbons (Fsp3) is 0.281. The van der Waals surface area contributed by atoms with Crippen molar-refractivity contribution in [2.45, 2.75) is 58.4 Å². The van der Waals surface area contributed by atoms with Gasteiger partial charge >= 0.3 is 0 Å². The molecular weight excluding hydrogens is 707 g/mol. The monoisotopic (exact) mass is 736 g/mol. The fourth-order valence-corrected chi connectivity index (χ4v) is 6.91. The maximum Gasteiger partial charge on any atom is 0.282 e. The van der Waals surface area contributed by atoms with E-state index in [2.05, 4.69) is 32.7 Å². The molecule has 44 heavy (non-hydrogen) atoms. The minimum absolute atomic E-state index is 0.00408. The normalized spacial score (nSPS) is 15.4. The van der Waals surface area contributed by atoms with Crippen molar-refractivity contribution < 1.29 is 23.7 Å². The van der Waals surface area contributed by atoms with Crippen molar-refractivity contribution in [2.24, 2.45) is 0 Å². The lowest BCUT2D eigenvalue weighted by Crippen LogP contribution is -2.32. The Balaban J connectivity index is 1.20. The Morgan fingerprint density at radius 3 is 1.98 bits per heavy atom. The fourth-order valence-electron chi connectivity index (χ4n) is 4.22. The molecule has 0 saturated carbocycles. The lowest BCUT2D eigenvalue weighted by Gasteiger charge is -2.31. The van der Waals surface area contributed by atoms with Gasteiger partial charge in [-0.2, -0.15) is 0 Å². The van der Waals surface area contributed by atoms with Crippen molar-refractivity contribution in [3.8, 4) is 39.0 Å². The smallest absolute Gasteiger partial charge is 0.282 e. The van der Waals surface area contributed by atoms with Crippen LogP contribution in [0.5, 0.6) is 39.0 Å². The quantitative estimate of drug-likeness (QED) is 0.142. The van der Waals surface area contributed by atoms with E-state index in [1.165, 1.54) is 11.3 Å². The highest BCUT2D eigenvalue weighted by Gasteiger charge is 2.31. The lowest BCUT2D eigenvalue weighted by molar-refractivity contribution is 0.113. The molecule has 232 valence electrons. The number of nitrogens with zero attached hydrogens (tertiary/aromatic N) is 2. The Kier molecular flexibility index (Phi) is 10.8. The molecule has 4 aromatic rings. The van der Waals surface area contributed by atoms with Crippen molar-refractivity contribution in [1.29, 1.82) is 0 Å². The standard InChI is InChI=1S/C32H31BrCl2N2O5S2/c1-18(2)38-23-10-12-27(25(34)14-23)41-31-36-16-30(44-31)40-22-8-6-21(7-9-22)20(5)37-17-29(33)43-32(37)42-28-13-11-24(15-26(28)35)39-19(3)4/h6-20,32H,1-5H3. The molecule has 0 amide bonds. The molecule has 0 aliphatic carbocycles. The van der Waals surface area contributed by atoms with Crippen LogP contribution in [0.4, 0.5) is 0 Å². The summed E-state index contributed by atoms with van der Waals surface area (Å²) in [5, 5.41) is 1.94. The Labute approximate surface area is 284 Å². The Hall–Kier alpha value is -2.76. The zero-order chi connectivity index (χ0) is 31.4. The van der Waals surface area contributed by atoms with Crippen molar-refractivity contribution in [2.75, 3.05) is 0 Å². The minimum Gasteiger partial charge on any atom is -0.491 e. The van der Waals surface area contributed by atoms with Gasteiger partial charge in [-0.15, -0.1) is 0 Å². The van der Waals surface area contributed by atoms with Crippen molar-refractivity contribution in [1.82, 2.24) is 9.88 Å². The molecule has 1 aromatic heterocycles. The van der Waals surface area contributed by atoms with Crippen molar-refractivity contribution >= 4 is 62.2 Å². The van der Waals surface area contributed by atoms with Gasteiger partial charge in [-0.25, -0.2) is 4.98 Å². The molecule has 1 aliphatic heterocycles. The molecule has 2 atom stereocenters. The number of thiazole rings is 1. The molecule has 5 rings (SSSR count). The highest BCUT2D eigenvalue weighted by molar-refractivity contribution is 9.14. The Bertz CT molecular complexity index is 1620. The van der Waals surface area contributed by atoms with Gasteiger partial charge < -0.3 is 28.6 Å². The van der Waals surface area contributed by atoms with Crippen molar-refractivity contribution in [3.63, 3.8) is 0 Å². The molecule has 0 N–H and O–H groups in total. The summed E-state index contributed by atoms with van der Waals surface area (Å²) in [4.78, 5) is 6.46. The Morgan fingerprint density at radius 1 is 0.795 bits per heavy atom. The third-order valence-electron chi connectivity index (χ3n) is 6.17.